The molecule has 0 bridgehead atoms. The third-order valence-electron chi connectivity index (χ3n) is 5.71. The highest BCUT2D eigenvalue weighted by Gasteiger charge is 2.31. The van der Waals surface area contributed by atoms with Crippen LogP contribution in [0.5, 0.6) is 0 Å². The number of amides is 1. The predicted molar refractivity (Wildman–Crippen MR) is 113 cm³/mol. The minimum atomic E-state index is 0.0614. The topological polar surface area (TPSA) is 41.4 Å². The first-order valence-corrected chi connectivity index (χ1v) is 10.8. The SMILES string of the molecule is Cn1nc(C(=O)N2CCN(c3ccc(Cl)cc3)CC2)c2c1-c1ccsc1CC2. The standard InChI is InChI=1S/C21H21ClN4OS/c1-24-20-16-8-13-28-18(16)7-6-17(20)19(23-24)21(27)26-11-9-25(10-12-26)15-4-2-14(22)3-5-15/h2-5,8,13H,6-7,9-12H2,1H3. The van der Waals surface area contributed by atoms with Crippen molar-refractivity contribution in [1.29, 1.82) is 0 Å². The van der Waals surface area contributed by atoms with E-state index in [9.17, 15) is 4.79 Å². The van der Waals surface area contributed by atoms with Gasteiger partial charge in [-0.25, -0.2) is 0 Å². The Morgan fingerprint density at radius 3 is 2.57 bits per heavy atom. The molecule has 1 fully saturated rings. The van der Waals surface area contributed by atoms with Crippen molar-refractivity contribution in [2.75, 3.05) is 31.1 Å². The molecule has 0 saturated carbocycles. The molecular weight excluding hydrogens is 392 g/mol. The first kappa shape index (κ1) is 17.8. The summed E-state index contributed by atoms with van der Waals surface area (Å²) in [4.78, 5) is 18.9. The van der Waals surface area contributed by atoms with Crippen LogP contribution in [0.25, 0.3) is 11.3 Å². The average Bonchev–Trinajstić information content (AvgIpc) is 3.32. The van der Waals surface area contributed by atoms with Crippen molar-refractivity contribution in [3.05, 3.63) is 56.9 Å². The summed E-state index contributed by atoms with van der Waals surface area (Å²) < 4.78 is 1.89. The Morgan fingerprint density at radius 2 is 1.82 bits per heavy atom. The highest BCUT2D eigenvalue weighted by molar-refractivity contribution is 7.10. The largest absolute Gasteiger partial charge is 0.368 e. The number of halogens is 1. The number of thiophene rings is 1. The van der Waals surface area contributed by atoms with E-state index in [4.69, 9.17) is 11.6 Å². The van der Waals surface area contributed by atoms with E-state index in [-0.39, 0.29) is 5.91 Å². The molecule has 1 amide bonds. The average molecular weight is 413 g/mol. The van der Waals surface area contributed by atoms with E-state index in [0.717, 1.165) is 47.9 Å². The number of hydrogen-bond acceptors (Lipinski definition) is 4. The van der Waals surface area contributed by atoms with Gasteiger partial charge in [0.1, 0.15) is 0 Å². The fourth-order valence-electron chi connectivity index (χ4n) is 4.27. The molecule has 1 aliphatic carbocycles. The van der Waals surface area contributed by atoms with Gasteiger partial charge in [-0.15, -0.1) is 11.3 Å². The van der Waals surface area contributed by atoms with Crippen molar-refractivity contribution < 1.29 is 4.79 Å². The number of piperazine rings is 1. The second kappa shape index (κ2) is 6.94. The lowest BCUT2D eigenvalue weighted by Crippen LogP contribution is -2.49. The highest BCUT2D eigenvalue weighted by atomic mass is 35.5. The quantitative estimate of drug-likeness (QED) is 0.641. The summed E-state index contributed by atoms with van der Waals surface area (Å²) >= 11 is 7.78. The van der Waals surface area contributed by atoms with E-state index in [1.165, 1.54) is 10.4 Å². The summed E-state index contributed by atoms with van der Waals surface area (Å²) in [5.41, 5.74) is 5.25. The summed E-state index contributed by atoms with van der Waals surface area (Å²) in [6.45, 7) is 3.04. The number of nitrogens with zero attached hydrogens (tertiary/aromatic N) is 4. The van der Waals surface area contributed by atoms with E-state index < -0.39 is 0 Å². The normalized spacial score (nSPS) is 16.1. The zero-order valence-electron chi connectivity index (χ0n) is 15.7. The number of aromatic nitrogens is 2. The summed E-state index contributed by atoms with van der Waals surface area (Å²) in [5, 5.41) is 7.51. The van der Waals surface area contributed by atoms with Crippen molar-refractivity contribution in [3.63, 3.8) is 0 Å². The molecule has 144 valence electrons. The predicted octanol–water partition coefficient (Wildman–Crippen LogP) is 3.86. The van der Waals surface area contributed by atoms with Crippen molar-refractivity contribution in [3.8, 4) is 11.3 Å². The maximum Gasteiger partial charge on any atom is 0.274 e. The number of fused-ring (bicyclic) bond motifs is 3. The highest BCUT2D eigenvalue weighted by Crippen LogP contribution is 2.38. The van der Waals surface area contributed by atoms with Crippen LogP contribution in [-0.4, -0.2) is 46.8 Å². The Labute approximate surface area is 173 Å². The molecule has 7 heteroatoms. The molecule has 0 spiro atoms. The van der Waals surface area contributed by atoms with Crippen LogP contribution in [0.15, 0.2) is 35.7 Å². The van der Waals surface area contributed by atoms with Crippen molar-refractivity contribution >= 4 is 34.5 Å². The first-order chi connectivity index (χ1) is 13.6. The third kappa shape index (κ3) is 2.91. The smallest absolute Gasteiger partial charge is 0.274 e. The van der Waals surface area contributed by atoms with E-state index in [1.54, 1.807) is 11.3 Å². The Hall–Kier alpha value is -2.31. The lowest BCUT2D eigenvalue weighted by atomic mass is 9.94. The van der Waals surface area contributed by atoms with Gasteiger partial charge in [0.15, 0.2) is 5.69 Å². The van der Waals surface area contributed by atoms with Crippen LogP contribution in [0.4, 0.5) is 5.69 Å². The second-order valence-corrected chi connectivity index (χ2v) is 8.75. The third-order valence-corrected chi connectivity index (χ3v) is 6.94. The Morgan fingerprint density at radius 1 is 1.07 bits per heavy atom. The van der Waals surface area contributed by atoms with Gasteiger partial charge >= 0.3 is 0 Å². The molecule has 0 unspecified atom stereocenters. The zero-order valence-corrected chi connectivity index (χ0v) is 17.3. The summed E-state index contributed by atoms with van der Waals surface area (Å²) in [6, 6.07) is 10.0. The number of carbonyl (C=O) groups is 1. The van der Waals surface area contributed by atoms with Gasteiger partial charge in [-0.2, -0.15) is 5.10 Å². The molecule has 1 aromatic carbocycles. The lowest BCUT2D eigenvalue weighted by molar-refractivity contribution is 0.0739. The molecule has 5 nitrogen and oxygen atoms in total. The number of benzene rings is 1. The summed E-state index contributed by atoms with van der Waals surface area (Å²) in [6.07, 6.45) is 1.89. The number of carbonyl (C=O) groups excluding carboxylic acids is 1. The van der Waals surface area contributed by atoms with Gasteiger partial charge in [-0.1, -0.05) is 11.6 Å². The molecule has 0 N–H and O–H groups in total. The second-order valence-electron chi connectivity index (χ2n) is 7.31. The Balaban J connectivity index is 1.35. The van der Waals surface area contributed by atoms with E-state index >= 15 is 0 Å². The van der Waals surface area contributed by atoms with E-state index in [0.29, 0.717) is 18.8 Å². The minimum absolute atomic E-state index is 0.0614. The van der Waals surface area contributed by atoms with Crippen molar-refractivity contribution in [2.45, 2.75) is 12.8 Å². The fraction of sp³-hybridized carbons (Fsp3) is 0.333. The Kier molecular flexibility index (Phi) is 4.40. The fourth-order valence-corrected chi connectivity index (χ4v) is 5.27. The zero-order chi connectivity index (χ0) is 19.3. The van der Waals surface area contributed by atoms with Crippen LogP contribution in [-0.2, 0) is 19.9 Å². The van der Waals surface area contributed by atoms with E-state index in [2.05, 4.69) is 21.4 Å². The molecule has 0 atom stereocenters. The molecule has 0 radical (unpaired) electrons. The monoisotopic (exact) mass is 412 g/mol. The van der Waals surface area contributed by atoms with Gasteiger partial charge in [0.2, 0.25) is 0 Å². The Bertz CT molecular complexity index is 1030. The molecular formula is C21H21ClN4OS. The van der Waals surface area contributed by atoms with Gasteiger partial charge in [0, 0.05) is 59.9 Å². The molecule has 1 aliphatic heterocycles. The molecule has 2 aromatic heterocycles. The molecule has 2 aliphatic rings. The van der Waals surface area contributed by atoms with Crippen LogP contribution >= 0.6 is 22.9 Å². The van der Waals surface area contributed by atoms with Gasteiger partial charge in [-0.3, -0.25) is 9.48 Å². The van der Waals surface area contributed by atoms with Gasteiger partial charge in [0.05, 0.1) is 5.69 Å². The first-order valence-electron chi connectivity index (χ1n) is 9.54. The molecule has 3 heterocycles. The van der Waals surface area contributed by atoms with Gasteiger partial charge in [0.25, 0.3) is 5.91 Å². The van der Waals surface area contributed by atoms with E-state index in [1.807, 2.05) is 40.9 Å². The minimum Gasteiger partial charge on any atom is -0.368 e. The number of anilines is 1. The molecule has 1 saturated heterocycles. The summed E-state index contributed by atoms with van der Waals surface area (Å²) in [7, 11) is 1.95. The van der Waals surface area contributed by atoms with Crippen molar-refractivity contribution in [2.24, 2.45) is 7.05 Å². The maximum atomic E-state index is 13.2. The van der Waals surface area contributed by atoms with Crippen LogP contribution < -0.4 is 4.90 Å². The van der Waals surface area contributed by atoms with Crippen LogP contribution in [0.3, 0.4) is 0 Å². The number of aryl methyl sites for hydroxylation is 2. The lowest BCUT2D eigenvalue weighted by Gasteiger charge is -2.36. The van der Waals surface area contributed by atoms with Crippen LogP contribution in [0.2, 0.25) is 5.02 Å². The van der Waals surface area contributed by atoms with Crippen molar-refractivity contribution in [1.82, 2.24) is 14.7 Å². The van der Waals surface area contributed by atoms with Gasteiger partial charge < -0.3 is 9.80 Å². The molecule has 5 rings (SSSR count). The van der Waals surface area contributed by atoms with Crippen LogP contribution in [0, 0.1) is 0 Å². The number of rotatable bonds is 2. The van der Waals surface area contributed by atoms with Crippen LogP contribution in [0.1, 0.15) is 20.9 Å². The maximum absolute atomic E-state index is 13.2. The molecule has 3 aromatic rings. The summed E-state index contributed by atoms with van der Waals surface area (Å²) in [5.74, 6) is 0.0614. The van der Waals surface area contributed by atoms with Gasteiger partial charge in [-0.05, 0) is 48.6 Å². The number of hydrogen-bond donors (Lipinski definition) is 0. The molecule has 28 heavy (non-hydrogen) atoms.